The average Bonchev–Trinajstić information content (AvgIpc) is 2.92. The molecule has 108 valence electrons. The zero-order valence-corrected chi connectivity index (χ0v) is 12.3. The monoisotopic (exact) mass is 309 g/mol. The Labute approximate surface area is 130 Å². The van der Waals surface area contributed by atoms with E-state index in [0.717, 1.165) is 15.6 Å². The molecule has 3 rings (SSSR count). The Morgan fingerprint density at radius 3 is 2.68 bits per heavy atom. The molecule has 0 saturated carbocycles. The number of fused-ring (bicyclic) bond motifs is 1. The standard InChI is InChI=1S/C17H11NO3S/c18-9-11-5-1-2-6-12(11)10-21-15-13-7-3-4-8-14(13)22-16(15)17(19)20/h1-8H,10H2,(H,19,20). The maximum Gasteiger partial charge on any atom is 0.349 e. The first kappa shape index (κ1) is 14.1. The molecule has 4 nitrogen and oxygen atoms in total. The van der Waals surface area contributed by atoms with Gasteiger partial charge in [0.1, 0.15) is 6.61 Å². The van der Waals surface area contributed by atoms with Crippen molar-refractivity contribution in [2.75, 3.05) is 0 Å². The summed E-state index contributed by atoms with van der Waals surface area (Å²) < 4.78 is 6.62. The Hall–Kier alpha value is -2.84. The number of thiophene rings is 1. The van der Waals surface area contributed by atoms with Gasteiger partial charge in [0, 0.05) is 15.6 Å². The number of hydrogen-bond acceptors (Lipinski definition) is 4. The smallest absolute Gasteiger partial charge is 0.349 e. The molecule has 0 fully saturated rings. The predicted molar refractivity (Wildman–Crippen MR) is 84.3 cm³/mol. The average molecular weight is 309 g/mol. The van der Waals surface area contributed by atoms with E-state index < -0.39 is 5.97 Å². The molecule has 1 heterocycles. The second kappa shape index (κ2) is 5.88. The van der Waals surface area contributed by atoms with Gasteiger partial charge in [-0.25, -0.2) is 4.79 Å². The summed E-state index contributed by atoms with van der Waals surface area (Å²) in [7, 11) is 0. The van der Waals surface area contributed by atoms with Crippen molar-refractivity contribution in [2.24, 2.45) is 0 Å². The number of carboxylic acid groups (broad SMARTS) is 1. The molecule has 0 radical (unpaired) electrons. The van der Waals surface area contributed by atoms with E-state index in [-0.39, 0.29) is 11.5 Å². The fourth-order valence-corrected chi connectivity index (χ4v) is 3.20. The van der Waals surface area contributed by atoms with Gasteiger partial charge in [-0.05, 0) is 18.2 Å². The number of aromatic carboxylic acids is 1. The van der Waals surface area contributed by atoms with Crippen LogP contribution in [0.2, 0.25) is 0 Å². The molecule has 0 atom stereocenters. The summed E-state index contributed by atoms with van der Waals surface area (Å²) in [6, 6.07) is 16.6. The van der Waals surface area contributed by atoms with Crippen LogP contribution in [0.4, 0.5) is 0 Å². The van der Waals surface area contributed by atoms with Crippen molar-refractivity contribution < 1.29 is 14.6 Å². The van der Waals surface area contributed by atoms with E-state index in [1.807, 2.05) is 30.3 Å². The van der Waals surface area contributed by atoms with Gasteiger partial charge >= 0.3 is 5.97 Å². The van der Waals surface area contributed by atoms with Crippen molar-refractivity contribution in [1.82, 2.24) is 0 Å². The summed E-state index contributed by atoms with van der Waals surface area (Å²) in [6.45, 7) is 0.157. The van der Waals surface area contributed by atoms with E-state index in [0.29, 0.717) is 11.3 Å². The van der Waals surface area contributed by atoms with Crippen molar-refractivity contribution in [3.63, 3.8) is 0 Å². The Bertz CT molecular complexity index is 892. The minimum absolute atomic E-state index is 0.157. The van der Waals surface area contributed by atoms with Crippen LogP contribution in [-0.4, -0.2) is 11.1 Å². The Morgan fingerprint density at radius 2 is 1.91 bits per heavy atom. The molecular weight excluding hydrogens is 298 g/mol. The summed E-state index contributed by atoms with van der Waals surface area (Å²) >= 11 is 1.19. The van der Waals surface area contributed by atoms with Gasteiger partial charge < -0.3 is 9.84 Å². The zero-order chi connectivity index (χ0) is 15.5. The molecule has 3 aromatic rings. The highest BCUT2D eigenvalue weighted by molar-refractivity contribution is 7.21. The first-order valence-corrected chi connectivity index (χ1v) is 7.38. The number of carbonyl (C=O) groups is 1. The van der Waals surface area contributed by atoms with Gasteiger partial charge in [0.25, 0.3) is 0 Å². The van der Waals surface area contributed by atoms with Crippen molar-refractivity contribution in [3.05, 3.63) is 64.5 Å². The zero-order valence-electron chi connectivity index (χ0n) is 11.4. The molecule has 0 spiro atoms. The molecule has 0 saturated heterocycles. The summed E-state index contributed by atoms with van der Waals surface area (Å²) in [5.74, 6) is -0.648. The van der Waals surface area contributed by atoms with Crippen LogP contribution in [0, 0.1) is 11.3 Å². The highest BCUT2D eigenvalue weighted by atomic mass is 32.1. The lowest BCUT2D eigenvalue weighted by atomic mass is 10.1. The number of benzene rings is 2. The molecule has 22 heavy (non-hydrogen) atoms. The second-order valence-corrected chi connectivity index (χ2v) is 5.67. The highest BCUT2D eigenvalue weighted by Crippen LogP contribution is 2.38. The maximum atomic E-state index is 11.4. The highest BCUT2D eigenvalue weighted by Gasteiger charge is 2.19. The van der Waals surface area contributed by atoms with Gasteiger partial charge in [-0.1, -0.05) is 30.3 Å². The summed E-state index contributed by atoms with van der Waals surface area (Å²) in [4.78, 5) is 11.6. The van der Waals surface area contributed by atoms with E-state index in [1.165, 1.54) is 11.3 Å². The van der Waals surface area contributed by atoms with Crippen molar-refractivity contribution >= 4 is 27.4 Å². The first-order valence-electron chi connectivity index (χ1n) is 6.56. The number of nitrogens with zero attached hydrogens (tertiary/aromatic N) is 1. The lowest BCUT2D eigenvalue weighted by Crippen LogP contribution is -2.01. The first-order chi connectivity index (χ1) is 10.7. The molecule has 1 N–H and O–H groups in total. The number of carboxylic acids is 1. The SMILES string of the molecule is N#Cc1ccccc1COc1c(C(=O)O)sc2ccccc12. The third-order valence-electron chi connectivity index (χ3n) is 3.25. The predicted octanol–water partition coefficient (Wildman–Crippen LogP) is 4.05. The van der Waals surface area contributed by atoms with Crippen LogP contribution in [0.3, 0.4) is 0 Å². The van der Waals surface area contributed by atoms with Crippen molar-refractivity contribution in [1.29, 1.82) is 5.26 Å². The van der Waals surface area contributed by atoms with Gasteiger partial charge in [-0.2, -0.15) is 5.26 Å². The number of nitriles is 1. The van der Waals surface area contributed by atoms with E-state index >= 15 is 0 Å². The van der Waals surface area contributed by atoms with Gasteiger partial charge in [-0.15, -0.1) is 11.3 Å². The second-order valence-electron chi connectivity index (χ2n) is 4.62. The number of rotatable bonds is 4. The van der Waals surface area contributed by atoms with E-state index in [1.54, 1.807) is 18.2 Å². The van der Waals surface area contributed by atoms with Crippen LogP contribution in [0.25, 0.3) is 10.1 Å². The van der Waals surface area contributed by atoms with E-state index in [4.69, 9.17) is 10.00 Å². The fourth-order valence-electron chi connectivity index (χ4n) is 2.21. The van der Waals surface area contributed by atoms with Crippen molar-refractivity contribution in [2.45, 2.75) is 6.61 Å². The van der Waals surface area contributed by atoms with Crippen LogP contribution >= 0.6 is 11.3 Å². The lowest BCUT2D eigenvalue weighted by Gasteiger charge is -2.08. The molecule has 1 aromatic heterocycles. The molecule has 2 aromatic carbocycles. The van der Waals surface area contributed by atoms with Gasteiger partial charge in [0.15, 0.2) is 10.6 Å². The minimum atomic E-state index is -1.01. The lowest BCUT2D eigenvalue weighted by molar-refractivity contribution is 0.0698. The van der Waals surface area contributed by atoms with Gasteiger partial charge in [-0.3, -0.25) is 0 Å². The molecule has 5 heteroatoms. The van der Waals surface area contributed by atoms with Gasteiger partial charge in [0.05, 0.1) is 11.6 Å². The van der Waals surface area contributed by atoms with Crippen LogP contribution in [0.15, 0.2) is 48.5 Å². The van der Waals surface area contributed by atoms with E-state index in [9.17, 15) is 9.90 Å². The summed E-state index contributed by atoms with van der Waals surface area (Å²) in [5, 5.41) is 19.2. The minimum Gasteiger partial charge on any atom is -0.486 e. The Kier molecular flexibility index (Phi) is 3.77. The fraction of sp³-hybridized carbons (Fsp3) is 0.0588. The molecule has 0 bridgehead atoms. The largest absolute Gasteiger partial charge is 0.486 e. The third-order valence-corrected chi connectivity index (χ3v) is 4.39. The summed E-state index contributed by atoms with van der Waals surface area (Å²) in [6.07, 6.45) is 0. The Balaban J connectivity index is 1.98. The normalized spacial score (nSPS) is 10.3. The van der Waals surface area contributed by atoms with Crippen LogP contribution in [0.5, 0.6) is 5.75 Å². The topological polar surface area (TPSA) is 70.3 Å². The maximum absolute atomic E-state index is 11.4. The molecule has 0 unspecified atom stereocenters. The van der Waals surface area contributed by atoms with Crippen molar-refractivity contribution in [3.8, 4) is 11.8 Å². The third kappa shape index (κ3) is 2.52. The van der Waals surface area contributed by atoms with Crippen LogP contribution in [-0.2, 0) is 6.61 Å². The summed E-state index contributed by atoms with van der Waals surface area (Å²) in [5.41, 5.74) is 1.26. The Morgan fingerprint density at radius 1 is 1.18 bits per heavy atom. The van der Waals surface area contributed by atoms with Gasteiger partial charge in [0.2, 0.25) is 0 Å². The number of hydrogen-bond donors (Lipinski definition) is 1. The van der Waals surface area contributed by atoms with Crippen LogP contribution in [0.1, 0.15) is 20.8 Å². The molecule has 0 amide bonds. The molecule has 0 aliphatic heterocycles. The van der Waals surface area contributed by atoms with Crippen LogP contribution < -0.4 is 4.74 Å². The molecule has 0 aliphatic rings. The molecular formula is C17H11NO3S. The quantitative estimate of drug-likeness (QED) is 0.789. The van der Waals surface area contributed by atoms with E-state index in [2.05, 4.69) is 6.07 Å². The number of ether oxygens (including phenoxy) is 1. The molecule has 0 aliphatic carbocycles.